The molecule has 1 aromatic heterocycles. The number of halogens is 1. The summed E-state index contributed by atoms with van der Waals surface area (Å²) in [5.74, 6) is 0.374. The van der Waals surface area contributed by atoms with Crippen LogP contribution in [0, 0.1) is 0 Å². The van der Waals surface area contributed by atoms with Crippen LogP contribution in [0.25, 0.3) is 0 Å². The van der Waals surface area contributed by atoms with E-state index in [2.05, 4.69) is 22.1 Å². The summed E-state index contributed by atoms with van der Waals surface area (Å²) in [4.78, 5) is 12.4. The summed E-state index contributed by atoms with van der Waals surface area (Å²) in [7, 11) is 1.54. The maximum absolute atomic E-state index is 12.4. The van der Waals surface area contributed by atoms with Crippen molar-refractivity contribution in [3.63, 3.8) is 0 Å². The average molecular weight is 353 g/mol. The van der Waals surface area contributed by atoms with E-state index >= 15 is 0 Å². The summed E-state index contributed by atoms with van der Waals surface area (Å²) in [6.07, 6.45) is 3.35. The summed E-state index contributed by atoms with van der Waals surface area (Å²) in [5, 5.41) is 11.5. The molecule has 1 aromatic carbocycles. The fourth-order valence-electron chi connectivity index (χ4n) is 1.82. The van der Waals surface area contributed by atoms with Gasteiger partial charge in [-0.15, -0.1) is 16.8 Å². The van der Waals surface area contributed by atoms with E-state index in [0.29, 0.717) is 28.2 Å². The van der Waals surface area contributed by atoms with E-state index in [0.717, 1.165) is 0 Å². The quantitative estimate of drug-likeness (QED) is 0.612. The maximum atomic E-state index is 12.4. The molecule has 0 aliphatic rings. The number of allylic oxidation sites excluding steroid dienone is 1. The van der Waals surface area contributed by atoms with Crippen molar-refractivity contribution in [3.05, 3.63) is 42.2 Å². The molecule has 1 heterocycles. The largest absolute Gasteiger partial charge is 0.495 e. The van der Waals surface area contributed by atoms with Crippen LogP contribution in [0.4, 0.5) is 5.69 Å². The van der Waals surface area contributed by atoms with Gasteiger partial charge in [-0.05, 0) is 25.1 Å². The number of aromatic nitrogens is 3. The molecule has 0 radical (unpaired) electrons. The van der Waals surface area contributed by atoms with Crippen LogP contribution in [0.15, 0.2) is 42.3 Å². The second kappa shape index (κ2) is 8.03. The van der Waals surface area contributed by atoms with Gasteiger partial charge in [-0.2, -0.15) is 0 Å². The van der Waals surface area contributed by atoms with Crippen molar-refractivity contribution < 1.29 is 9.53 Å². The van der Waals surface area contributed by atoms with Gasteiger partial charge < -0.3 is 14.6 Å². The molecule has 23 heavy (non-hydrogen) atoms. The van der Waals surface area contributed by atoms with Gasteiger partial charge >= 0.3 is 0 Å². The van der Waals surface area contributed by atoms with E-state index < -0.39 is 0 Å². The number of rotatable bonds is 7. The minimum absolute atomic E-state index is 0.177. The van der Waals surface area contributed by atoms with Crippen molar-refractivity contribution in [2.24, 2.45) is 0 Å². The zero-order chi connectivity index (χ0) is 16.8. The number of carbonyl (C=O) groups is 1. The van der Waals surface area contributed by atoms with Crippen molar-refractivity contribution >= 4 is 35.0 Å². The summed E-state index contributed by atoms with van der Waals surface area (Å²) in [6.45, 7) is 6.07. The first kappa shape index (κ1) is 17.4. The summed E-state index contributed by atoms with van der Waals surface area (Å²) < 4.78 is 7.04. The zero-order valence-corrected chi connectivity index (χ0v) is 14.4. The highest BCUT2D eigenvalue weighted by Crippen LogP contribution is 2.29. The van der Waals surface area contributed by atoms with Crippen molar-refractivity contribution in [3.8, 4) is 5.75 Å². The molecule has 8 heteroatoms. The van der Waals surface area contributed by atoms with Gasteiger partial charge in [0, 0.05) is 11.6 Å². The number of methoxy groups -OCH3 is 1. The van der Waals surface area contributed by atoms with Crippen LogP contribution in [0.3, 0.4) is 0 Å². The molecule has 0 aliphatic carbocycles. The minimum atomic E-state index is -0.369. The van der Waals surface area contributed by atoms with E-state index in [9.17, 15) is 4.79 Å². The molecular weight excluding hydrogens is 336 g/mol. The normalized spacial score (nSPS) is 11.8. The first-order chi connectivity index (χ1) is 11.0. The molecule has 1 atom stereocenters. The molecule has 0 unspecified atom stereocenters. The zero-order valence-electron chi connectivity index (χ0n) is 12.8. The smallest absolute Gasteiger partial charge is 0.237 e. The number of nitrogens with zero attached hydrogens (tertiary/aromatic N) is 3. The number of hydrogen-bond acceptors (Lipinski definition) is 5. The molecule has 2 aromatic rings. The van der Waals surface area contributed by atoms with Crippen molar-refractivity contribution in [2.45, 2.75) is 23.9 Å². The number of carbonyl (C=O) groups excluding carboxylic acids is 1. The molecule has 2 rings (SSSR count). The number of anilines is 1. The number of hydrogen-bond donors (Lipinski definition) is 1. The first-order valence-electron chi connectivity index (χ1n) is 6.85. The fraction of sp³-hybridized carbons (Fsp3) is 0.267. The molecule has 6 nitrogen and oxygen atoms in total. The van der Waals surface area contributed by atoms with Crippen LogP contribution in [0.2, 0.25) is 5.02 Å². The van der Waals surface area contributed by atoms with Gasteiger partial charge in [-0.1, -0.05) is 29.4 Å². The van der Waals surface area contributed by atoms with E-state index in [4.69, 9.17) is 16.3 Å². The Kier molecular flexibility index (Phi) is 6.06. The highest BCUT2D eigenvalue weighted by atomic mass is 35.5. The van der Waals surface area contributed by atoms with Crippen molar-refractivity contribution in [2.75, 3.05) is 12.4 Å². The monoisotopic (exact) mass is 352 g/mol. The van der Waals surface area contributed by atoms with E-state index in [1.54, 1.807) is 37.5 Å². The third kappa shape index (κ3) is 4.49. The molecule has 0 aliphatic heterocycles. The van der Waals surface area contributed by atoms with Gasteiger partial charge in [-0.25, -0.2) is 0 Å². The van der Waals surface area contributed by atoms with Crippen molar-refractivity contribution in [1.82, 2.24) is 14.8 Å². The number of thioether (sulfide) groups is 1. The number of benzene rings is 1. The SMILES string of the molecule is C=CCn1cnnc1S[C@@H](C)C(=O)Nc1cc(Cl)ccc1OC. The molecule has 0 fully saturated rings. The molecule has 0 saturated carbocycles. The van der Waals surface area contributed by atoms with E-state index in [1.165, 1.54) is 18.9 Å². The van der Waals surface area contributed by atoms with Crippen LogP contribution in [0.1, 0.15) is 6.92 Å². The van der Waals surface area contributed by atoms with Gasteiger partial charge in [0.2, 0.25) is 5.91 Å². The number of amides is 1. The fourth-order valence-corrected chi connectivity index (χ4v) is 2.83. The van der Waals surface area contributed by atoms with E-state index in [-0.39, 0.29) is 11.2 Å². The average Bonchev–Trinajstić information content (AvgIpc) is 2.95. The standard InChI is InChI=1S/C15H17ClN4O2S/c1-4-7-20-9-17-19-15(20)23-10(2)14(21)18-12-8-11(16)5-6-13(12)22-3/h4-6,8-10H,1,7H2,2-3H3,(H,18,21)/t10-/m0/s1. The van der Waals surface area contributed by atoms with Gasteiger partial charge in [0.25, 0.3) is 0 Å². The van der Waals surface area contributed by atoms with Crippen LogP contribution in [-0.2, 0) is 11.3 Å². The molecule has 0 bridgehead atoms. The van der Waals surface area contributed by atoms with Gasteiger partial charge in [0.1, 0.15) is 12.1 Å². The molecule has 0 saturated heterocycles. The lowest BCUT2D eigenvalue weighted by Crippen LogP contribution is -2.23. The van der Waals surface area contributed by atoms with Crippen molar-refractivity contribution in [1.29, 1.82) is 0 Å². The van der Waals surface area contributed by atoms with Crippen LogP contribution >= 0.6 is 23.4 Å². The first-order valence-corrected chi connectivity index (χ1v) is 8.10. The lowest BCUT2D eigenvalue weighted by molar-refractivity contribution is -0.115. The van der Waals surface area contributed by atoms with Gasteiger partial charge in [0.15, 0.2) is 5.16 Å². The third-order valence-electron chi connectivity index (χ3n) is 2.98. The second-order valence-corrected chi connectivity index (χ2v) is 6.39. The Balaban J connectivity index is 2.07. The van der Waals surface area contributed by atoms with Gasteiger partial charge in [-0.3, -0.25) is 4.79 Å². The Morgan fingerprint density at radius 1 is 1.61 bits per heavy atom. The van der Waals surface area contributed by atoms with Crippen LogP contribution < -0.4 is 10.1 Å². The molecule has 122 valence electrons. The topological polar surface area (TPSA) is 69.0 Å². The predicted molar refractivity (Wildman–Crippen MR) is 92.2 cm³/mol. The molecule has 0 spiro atoms. The van der Waals surface area contributed by atoms with Crippen LogP contribution in [-0.4, -0.2) is 33.0 Å². The lowest BCUT2D eigenvalue weighted by atomic mass is 10.3. The Bertz CT molecular complexity index is 705. The number of ether oxygens (including phenoxy) is 1. The van der Waals surface area contributed by atoms with Crippen LogP contribution in [0.5, 0.6) is 5.75 Å². The third-order valence-corrected chi connectivity index (χ3v) is 4.31. The predicted octanol–water partition coefficient (Wildman–Crippen LogP) is 3.25. The highest BCUT2D eigenvalue weighted by molar-refractivity contribution is 8.00. The Labute approximate surface area is 143 Å². The van der Waals surface area contributed by atoms with E-state index in [1.807, 2.05) is 4.57 Å². The Morgan fingerprint density at radius 3 is 3.09 bits per heavy atom. The summed E-state index contributed by atoms with van der Waals surface area (Å²) in [5.41, 5.74) is 0.532. The lowest BCUT2D eigenvalue weighted by Gasteiger charge is -2.14. The molecule has 1 N–H and O–H groups in total. The molecular formula is C15H17ClN4O2S. The highest BCUT2D eigenvalue weighted by Gasteiger charge is 2.19. The summed E-state index contributed by atoms with van der Waals surface area (Å²) in [6, 6.07) is 5.05. The minimum Gasteiger partial charge on any atom is -0.495 e. The maximum Gasteiger partial charge on any atom is 0.237 e. The van der Waals surface area contributed by atoms with Gasteiger partial charge in [0.05, 0.1) is 18.0 Å². The Hall–Kier alpha value is -1.99. The molecule has 1 amide bonds. The number of nitrogens with one attached hydrogen (secondary N) is 1. The second-order valence-electron chi connectivity index (χ2n) is 4.65. The Morgan fingerprint density at radius 2 is 2.39 bits per heavy atom. The summed E-state index contributed by atoms with van der Waals surface area (Å²) >= 11 is 7.28.